The van der Waals surface area contributed by atoms with Crippen LogP contribution in [0.15, 0.2) is 41.5 Å². The molecule has 1 aromatic carbocycles. The lowest BCUT2D eigenvalue weighted by Gasteiger charge is -2.08. The largest absolute Gasteiger partial charge is 0.435 e. The Morgan fingerprint density at radius 2 is 2.07 bits per heavy atom. The first kappa shape index (κ1) is 19.9. The lowest BCUT2D eigenvalue weighted by Crippen LogP contribution is -2.33. The molecule has 9 heteroatoms. The van der Waals surface area contributed by atoms with E-state index in [0.29, 0.717) is 23.2 Å². The lowest BCUT2D eigenvalue weighted by molar-refractivity contribution is -0.121. The van der Waals surface area contributed by atoms with Crippen LogP contribution in [0, 0.1) is 0 Å². The highest BCUT2D eigenvalue weighted by molar-refractivity contribution is 7.18. The van der Waals surface area contributed by atoms with Gasteiger partial charge in [-0.3, -0.25) is 14.2 Å². The van der Waals surface area contributed by atoms with Crippen LogP contribution in [0.3, 0.4) is 0 Å². The molecule has 0 aliphatic rings. The minimum Gasteiger partial charge on any atom is -0.435 e. The Labute approximate surface area is 163 Å². The highest BCUT2D eigenvalue weighted by Gasteiger charge is 2.11. The second-order valence-electron chi connectivity index (χ2n) is 6.09. The Morgan fingerprint density at radius 3 is 2.75 bits per heavy atom. The molecule has 1 N–H and O–H groups in total. The molecule has 6 nitrogen and oxygen atoms in total. The van der Waals surface area contributed by atoms with Crippen molar-refractivity contribution in [2.75, 3.05) is 6.54 Å². The van der Waals surface area contributed by atoms with Crippen molar-refractivity contribution in [1.29, 1.82) is 0 Å². The predicted octanol–water partition coefficient (Wildman–Crippen LogP) is 2.98. The second-order valence-corrected chi connectivity index (χ2v) is 7.20. The van der Waals surface area contributed by atoms with Crippen molar-refractivity contribution in [3.63, 3.8) is 0 Å². The van der Waals surface area contributed by atoms with Gasteiger partial charge in [0.05, 0.1) is 11.7 Å². The number of carbonyl (C=O) groups is 1. The number of carbonyl (C=O) groups excluding carboxylic acids is 1. The number of hydrogen-bond acceptors (Lipinski definition) is 5. The highest BCUT2D eigenvalue weighted by atomic mass is 32.1. The quantitative estimate of drug-likeness (QED) is 0.623. The van der Waals surface area contributed by atoms with Gasteiger partial charge in [0.1, 0.15) is 17.1 Å². The molecule has 0 unspecified atom stereocenters. The van der Waals surface area contributed by atoms with Crippen molar-refractivity contribution in [3.05, 3.63) is 57.5 Å². The van der Waals surface area contributed by atoms with Crippen molar-refractivity contribution in [2.24, 2.45) is 0 Å². The molecule has 0 aliphatic carbocycles. The Kier molecular flexibility index (Phi) is 6.35. The number of benzene rings is 1. The molecule has 2 aromatic heterocycles. The third-order valence-corrected chi connectivity index (χ3v) is 5.30. The number of thiophene rings is 1. The number of aryl methyl sites for hydroxylation is 1. The van der Waals surface area contributed by atoms with Gasteiger partial charge >= 0.3 is 6.61 Å². The number of rotatable bonds is 8. The van der Waals surface area contributed by atoms with Crippen LogP contribution in [0.1, 0.15) is 17.4 Å². The number of amides is 1. The molecule has 2 heterocycles. The van der Waals surface area contributed by atoms with Crippen LogP contribution in [-0.4, -0.2) is 28.6 Å². The first-order valence-corrected chi connectivity index (χ1v) is 9.56. The van der Waals surface area contributed by atoms with Crippen LogP contribution in [0.2, 0.25) is 0 Å². The molecule has 3 aromatic rings. The van der Waals surface area contributed by atoms with E-state index in [2.05, 4.69) is 15.0 Å². The van der Waals surface area contributed by atoms with E-state index in [9.17, 15) is 18.4 Å². The molecule has 0 saturated carbocycles. The molecule has 148 valence electrons. The molecular weight excluding hydrogens is 388 g/mol. The third-order valence-electron chi connectivity index (χ3n) is 4.12. The summed E-state index contributed by atoms with van der Waals surface area (Å²) in [6.45, 7) is -0.600. The summed E-state index contributed by atoms with van der Waals surface area (Å²) in [5.74, 6) is -0.212. The first-order valence-electron chi connectivity index (χ1n) is 8.74. The monoisotopic (exact) mass is 407 g/mol. The lowest BCUT2D eigenvalue weighted by atomic mass is 10.1. The molecule has 0 radical (unpaired) electrons. The molecule has 0 spiro atoms. The Morgan fingerprint density at radius 1 is 1.32 bits per heavy atom. The summed E-state index contributed by atoms with van der Waals surface area (Å²) in [7, 11) is 0. The number of alkyl halides is 2. The summed E-state index contributed by atoms with van der Waals surface area (Å²) in [5.41, 5.74) is 0.637. The van der Waals surface area contributed by atoms with E-state index >= 15 is 0 Å². The fourth-order valence-electron chi connectivity index (χ4n) is 2.69. The molecule has 0 saturated heterocycles. The fourth-order valence-corrected chi connectivity index (χ4v) is 3.62. The number of hydrogen-bond donors (Lipinski definition) is 1. The van der Waals surface area contributed by atoms with Crippen molar-refractivity contribution in [1.82, 2.24) is 14.9 Å². The van der Waals surface area contributed by atoms with Gasteiger partial charge in [-0.15, -0.1) is 11.3 Å². The van der Waals surface area contributed by atoms with Gasteiger partial charge in [-0.2, -0.15) is 8.78 Å². The number of nitrogens with zero attached hydrogens (tertiary/aromatic N) is 2. The zero-order valence-corrected chi connectivity index (χ0v) is 16.0. The summed E-state index contributed by atoms with van der Waals surface area (Å²) in [4.78, 5) is 30.6. The zero-order valence-electron chi connectivity index (χ0n) is 15.2. The summed E-state index contributed by atoms with van der Waals surface area (Å²) in [5, 5.41) is 3.27. The van der Waals surface area contributed by atoms with Gasteiger partial charge in [-0.1, -0.05) is 19.1 Å². The van der Waals surface area contributed by atoms with E-state index in [1.54, 1.807) is 12.1 Å². The van der Waals surface area contributed by atoms with Gasteiger partial charge in [0.15, 0.2) is 0 Å². The molecule has 0 bridgehead atoms. The molecule has 0 aliphatic heterocycles. The molecule has 28 heavy (non-hydrogen) atoms. The Balaban J connectivity index is 1.54. The van der Waals surface area contributed by atoms with Crippen molar-refractivity contribution in [3.8, 4) is 5.75 Å². The van der Waals surface area contributed by atoms with E-state index < -0.39 is 6.61 Å². The maximum atomic E-state index is 12.5. The molecule has 1 amide bonds. The standard InChI is InChI=1S/C19H19F2N3O3S/c1-2-14-9-15-17(28-14)23-11-24(18(15)26)10-16(25)22-8-7-12-3-5-13(6-4-12)27-19(20)21/h3-6,9,11,19H,2,7-8,10H2,1H3,(H,22,25). The third kappa shape index (κ3) is 4.92. The van der Waals surface area contributed by atoms with E-state index in [1.807, 2.05) is 13.0 Å². The number of ether oxygens (including phenoxy) is 1. The minimum atomic E-state index is -2.86. The Hall–Kier alpha value is -2.81. The minimum absolute atomic E-state index is 0.0877. The average Bonchev–Trinajstić information content (AvgIpc) is 3.09. The van der Waals surface area contributed by atoms with Crippen LogP contribution in [0.5, 0.6) is 5.75 Å². The maximum absolute atomic E-state index is 12.5. The van der Waals surface area contributed by atoms with E-state index in [-0.39, 0.29) is 23.8 Å². The van der Waals surface area contributed by atoms with Gasteiger partial charge in [-0.25, -0.2) is 4.98 Å². The predicted molar refractivity (Wildman–Crippen MR) is 103 cm³/mol. The molecular formula is C19H19F2N3O3S. The van der Waals surface area contributed by atoms with Gasteiger partial charge < -0.3 is 10.1 Å². The van der Waals surface area contributed by atoms with Crippen LogP contribution >= 0.6 is 11.3 Å². The van der Waals surface area contributed by atoms with Crippen molar-refractivity contribution >= 4 is 27.5 Å². The number of halogens is 2. The van der Waals surface area contributed by atoms with Crippen molar-refractivity contribution in [2.45, 2.75) is 32.9 Å². The van der Waals surface area contributed by atoms with Gasteiger partial charge in [-0.05, 0) is 36.6 Å². The van der Waals surface area contributed by atoms with Crippen LogP contribution in [0.4, 0.5) is 8.78 Å². The molecule has 0 atom stereocenters. The van der Waals surface area contributed by atoms with E-state index in [0.717, 1.165) is 16.9 Å². The number of fused-ring (bicyclic) bond motifs is 1. The summed E-state index contributed by atoms with van der Waals surface area (Å²) in [6.07, 6.45) is 2.75. The molecule has 0 fully saturated rings. The maximum Gasteiger partial charge on any atom is 0.387 e. The van der Waals surface area contributed by atoms with Gasteiger partial charge in [0.25, 0.3) is 5.56 Å². The first-order chi connectivity index (χ1) is 13.5. The summed E-state index contributed by atoms with van der Waals surface area (Å²) >= 11 is 1.48. The fraction of sp³-hybridized carbons (Fsp3) is 0.316. The van der Waals surface area contributed by atoms with Gasteiger partial charge in [0, 0.05) is 11.4 Å². The average molecular weight is 407 g/mol. The van der Waals surface area contributed by atoms with Crippen molar-refractivity contribution < 1.29 is 18.3 Å². The second kappa shape index (κ2) is 8.92. The topological polar surface area (TPSA) is 73.2 Å². The highest BCUT2D eigenvalue weighted by Crippen LogP contribution is 2.21. The summed E-state index contributed by atoms with van der Waals surface area (Å²) < 4.78 is 29.8. The normalized spacial score (nSPS) is 11.1. The van der Waals surface area contributed by atoms with Gasteiger partial charge in [0.2, 0.25) is 5.91 Å². The number of nitrogens with one attached hydrogen (secondary N) is 1. The van der Waals surface area contributed by atoms with E-state index in [1.165, 1.54) is 34.4 Å². The van der Waals surface area contributed by atoms with E-state index in [4.69, 9.17) is 0 Å². The van der Waals surface area contributed by atoms with Crippen LogP contribution in [0.25, 0.3) is 10.2 Å². The SMILES string of the molecule is CCc1cc2c(=O)n(CC(=O)NCCc3ccc(OC(F)F)cc3)cnc2s1. The Bertz CT molecular complexity index is 1020. The van der Waals surface area contributed by atoms with Crippen LogP contribution in [-0.2, 0) is 24.2 Å². The molecule has 3 rings (SSSR count). The number of aromatic nitrogens is 2. The summed E-state index contributed by atoms with van der Waals surface area (Å²) in [6, 6.07) is 8.05. The van der Waals surface area contributed by atoms with Crippen LogP contribution < -0.4 is 15.6 Å². The smallest absolute Gasteiger partial charge is 0.387 e. The zero-order chi connectivity index (χ0) is 20.1.